The molecular weight excluding hydrogens is 356 g/mol. The lowest BCUT2D eigenvalue weighted by molar-refractivity contribution is -0.144. The summed E-state index contributed by atoms with van der Waals surface area (Å²) in [6, 6.07) is 12.9. The van der Waals surface area contributed by atoms with E-state index in [2.05, 4.69) is 10.6 Å². The van der Waals surface area contributed by atoms with Gasteiger partial charge in [-0.3, -0.25) is 9.59 Å². The first kappa shape index (κ1) is 20.9. The summed E-state index contributed by atoms with van der Waals surface area (Å²) >= 11 is 0. The van der Waals surface area contributed by atoms with Crippen LogP contribution in [0.4, 0.5) is 5.69 Å². The Morgan fingerprint density at radius 2 is 1.61 bits per heavy atom. The molecule has 0 fully saturated rings. The Bertz CT molecular complexity index is 894. The van der Waals surface area contributed by atoms with E-state index >= 15 is 0 Å². The lowest BCUT2D eigenvalue weighted by atomic mass is 10.1. The number of carbonyl (C=O) groups excluding carboxylic acids is 3. The lowest BCUT2D eigenvalue weighted by Crippen LogP contribution is -2.29. The quantitative estimate of drug-likeness (QED) is 0.595. The van der Waals surface area contributed by atoms with Crippen molar-refractivity contribution in [3.8, 4) is 0 Å². The standard InChI is InChI=1S/C22H24N2O4/c1-14-10-15(2)21(16(3)11-14)24-20(26)13-28-22(27)19(23-17(4)25)12-18-8-6-5-7-9-18/h5-12H,13H2,1-4H3,(H,23,25)(H,24,26). The van der Waals surface area contributed by atoms with Gasteiger partial charge in [0.2, 0.25) is 5.91 Å². The van der Waals surface area contributed by atoms with Crippen LogP contribution in [-0.2, 0) is 19.1 Å². The number of benzene rings is 2. The third kappa shape index (κ3) is 6.09. The number of amides is 2. The molecule has 0 aliphatic heterocycles. The molecule has 6 heteroatoms. The molecule has 0 spiro atoms. The number of rotatable bonds is 6. The van der Waals surface area contributed by atoms with E-state index in [1.807, 2.05) is 51.1 Å². The number of ether oxygens (including phenoxy) is 1. The van der Waals surface area contributed by atoms with Crippen LogP contribution in [0, 0.1) is 20.8 Å². The van der Waals surface area contributed by atoms with Gasteiger partial charge in [-0.1, -0.05) is 48.0 Å². The first-order valence-corrected chi connectivity index (χ1v) is 8.85. The maximum Gasteiger partial charge on any atom is 0.355 e. The van der Waals surface area contributed by atoms with Gasteiger partial charge in [0, 0.05) is 12.6 Å². The summed E-state index contributed by atoms with van der Waals surface area (Å²) in [5.41, 5.74) is 4.35. The predicted molar refractivity (Wildman–Crippen MR) is 108 cm³/mol. The van der Waals surface area contributed by atoms with Crippen molar-refractivity contribution in [3.63, 3.8) is 0 Å². The largest absolute Gasteiger partial charge is 0.451 e. The molecule has 0 saturated heterocycles. The minimum absolute atomic E-state index is 0.0332. The Morgan fingerprint density at radius 1 is 1.00 bits per heavy atom. The number of aryl methyl sites for hydroxylation is 3. The summed E-state index contributed by atoms with van der Waals surface area (Å²) in [6.07, 6.45) is 1.50. The van der Waals surface area contributed by atoms with Crippen LogP contribution in [-0.4, -0.2) is 24.4 Å². The van der Waals surface area contributed by atoms with Crippen molar-refractivity contribution in [1.29, 1.82) is 0 Å². The average Bonchev–Trinajstić information content (AvgIpc) is 2.62. The predicted octanol–water partition coefficient (Wildman–Crippen LogP) is 3.27. The van der Waals surface area contributed by atoms with Gasteiger partial charge in [-0.2, -0.15) is 0 Å². The highest BCUT2D eigenvalue weighted by atomic mass is 16.5. The Morgan fingerprint density at radius 3 is 2.18 bits per heavy atom. The maximum absolute atomic E-state index is 12.3. The first-order valence-electron chi connectivity index (χ1n) is 8.85. The number of carbonyl (C=O) groups is 3. The van der Waals surface area contributed by atoms with Crippen molar-refractivity contribution in [1.82, 2.24) is 5.32 Å². The molecule has 0 radical (unpaired) electrons. The maximum atomic E-state index is 12.3. The van der Waals surface area contributed by atoms with Crippen LogP contribution in [0.25, 0.3) is 6.08 Å². The number of anilines is 1. The van der Waals surface area contributed by atoms with E-state index in [0.717, 1.165) is 22.3 Å². The summed E-state index contributed by atoms with van der Waals surface area (Å²) in [7, 11) is 0. The molecule has 0 atom stereocenters. The van der Waals surface area contributed by atoms with E-state index in [4.69, 9.17) is 4.74 Å². The molecule has 2 N–H and O–H groups in total. The normalized spacial score (nSPS) is 10.9. The fourth-order valence-electron chi connectivity index (χ4n) is 2.81. The zero-order valence-electron chi connectivity index (χ0n) is 16.5. The van der Waals surface area contributed by atoms with Gasteiger partial charge < -0.3 is 15.4 Å². The van der Waals surface area contributed by atoms with Crippen molar-refractivity contribution in [2.75, 3.05) is 11.9 Å². The highest BCUT2D eigenvalue weighted by molar-refractivity contribution is 6.00. The number of esters is 1. The SMILES string of the molecule is CC(=O)NC(=Cc1ccccc1)C(=O)OCC(=O)Nc1c(C)cc(C)cc1C. The number of hydrogen-bond donors (Lipinski definition) is 2. The highest BCUT2D eigenvalue weighted by Gasteiger charge is 2.16. The van der Waals surface area contributed by atoms with E-state index in [1.54, 1.807) is 12.1 Å². The fourth-order valence-corrected chi connectivity index (χ4v) is 2.81. The summed E-state index contributed by atoms with van der Waals surface area (Å²) in [4.78, 5) is 35.9. The number of nitrogens with one attached hydrogen (secondary N) is 2. The van der Waals surface area contributed by atoms with Crippen LogP contribution < -0.4 is 10.6 Å². The fraction of sp³-hybridized carbons (Fsp3) is 0.227. The molecule has 0 saturated carbocycles. The molecule has 2 aromatic carbocycles. The second-order valence-electron chi connectivity index (χ2n) is 6.55. The molecule has 0 aliphatic rings. The Hall–Kier alpha value is -3.41. The van der Waals surface area contributed by atoms with Crippen molar-refractivity contribution in [2.45, 2.75) is 27.7 Å². The Balaban J connectivity index is 2.05. The van der Waals surface area contributed by atoms with Crippen LogP contribution >= 0.6 is 0 Å². The van der Waals surface area contributed by atoms with E-state index in [-0.39, 0.29) is 5.70 Å². The van der Waals surface area contributed by atoms with Crippen molar-refractivity contribution in [3.05, 3.63) is 70.4 Å². The lowest BCUT2D eigenvalue weighted by Gasteiger charge is -2.13. The van der Waals surface area contributed by atoms with Gasteiger partial charge in [0.25, 0.3) is 5.91 Å². The molecule has 2 aromatic rings. The third-order valence-corrected chi connectivity index (χ3v) is 3.92. The van der Waals surface area contributed by atoms with Gasteiger partial charge in [0.1, 0.15) is 5.70 Å². The van der Waals surface area contributed by atoms with Crippen LogP contribution in [0.15, 0.2) is 48.2 Å². The van der Waals surface area contributed by atoms with Gasteiger partial charge in [-0.15, -0.1) is 0 Å². The van der Waals surface area contributed by atoms with Crippen molar-refractivity contribution >= 4 is 29.5 Å². The van der Waals surface area contributed by atoms with Gasteiger partial charge in [-0.25, -0.2) is 4.79 Å². The van der Waals surface area contributed by atoms with Crippen LogP contribution in [0.3, 0.4) is 0 Å². The van der Waals surface area contributed by atoms with Gasteiger partial charge >= 0.3 is 5.97 Å². The summed E-state index contributed by atoms with van der Waals surface area (Å²) in [5, 5.41) is 5.21. The topological polar surface area (TPSA) is 84.5 Å². The molecule has 146 valence electrons. The van der Waals surface area contributed by atoms with E-state index in [9.17, 15) is 14.4 Å². The molecular formula is C22H24N2O4. The molecule has 0 aliphatic carbocycles. The molecule has 28 heavy (non-hydrogen) atoms. The highest BCUT2D eigenvalue weighted by Crippen LogP contribution is 2.21. The third-order valence-electron chi connectivity index (χ3n) is 3.92. The number of hydrogen-bond acceptors (Lipinski definition) is 4. The van der Waals surface area contributed by atoms with Gasteiger partial charge in [0.05, 0.1) is 0 Å². The molecule has 6 nitrogen and oxygen atoms in total. The average molecular weight is 380 g/mol. The summed E-state index contributed by atoms with van der Waals surface area (Å²) in [6.45, 7) is 6.62. The second kappa shape index (κ2) is 9.50. The van der Waals surface area contributed by atoms with Crippen LogP contribution in [0.2, 0.25) is 0 Å². The Kier molecular flexibility index (Phi) is 7.09. The minimum Gasteiger partial charge on any atom is -0.451 e. The Labute approximate surface area is 164 Å². The second-order valence-corrected chi connectivity index (χ2v) is 6.55. The van der Waals surface area contributed by atoms with Crippen molar-refractivity contribution < 1.29 is 19.1 Å². The molecule has 0 aromatic heterocycles. The zero-order valence-corrected chi connectivity index (χ0v) is 16.5. The van der Waals surface area contributed by atoms with E-state index in [0.29, 0.717) is 5.69 Å². The van der Waals surface area contributed by atoms with Crippen LogP contribution in [0.5, 0.6) is 0 Å². The zero-order chi connectivity index (χ0) is 20.7. The van der Waals surface area contributed by atoms with E-state index in [1.165, 1.54) is 13.0 Å². The smallest absolute Gasteiger partial charge is 0.355 e. The van der Waals surface area contributed by atoms with Crippen molar-refractivity contribution in [2.24, 2.45) is 0 Å². The monoisotopic (exact) mass is 380 g/mol. The summed E-state index contributed by atoms with van der Waals surface area (Å²) < 4.78 is 5.08. The van der Waals surface area contributed by atoms with Gasteiger partial charge in [-0.05, 0) is 43.5 Å². The molecule has 2 rings (SSSR count). The minimum atomic E-state index is -0.786. The van der Waals surface area contributed by atoms with E-state index < -0.39 is 24.4 Å². The summed E-state index contributed by atoms with van der Waals surface area (Å²) in [5.74, 6) is -1.65. The van der Waals surface area contributed by atoms with Gasteiger partial charge in [0.15, 0.2) is 6.61 Å². The molecule has 0 unspecified atom stereocenters. The van der Waals surface area contributed by atoms with Crippen LogP contribution in [0.1, 0.15) is 29.2 Å². The molecule has 0 bridgehead atoms. The molecule has 0 heterocycles. The molecule has 2 amide bonds. The first-order chi connectivity index (χ1) is 13.3.